The van der Waals surface area contributed by atoms with E-state index in [2.05, 4.69) is 29.8 Å². The predicted octanol–water partition coefficient (Wildman–Crippen LogP) is 3.82. The zero-order valence-electron chi connectivity index (χ0n) is 10.9. The molecule has 0 bridgehead atoms. The van der Waals surface area contributed by atoms with Crippen LogP contribution in [0.2, 0.25) is 0 Å². The SMILES string of the molecule is CCCNCCCCCCOCc1cccs1. The van der Waals surface area contributed by atoms with Gasteiger partial charge >= 0.3 is 0 Å². The first kappa shape index (κ1) is 14.7. The lowest BCUT2D eigenvalue weighted by Crippen LogP contribution is -2.15. The Hall–Kier alpha value is -0.380. The van der Waals surface area contributed by atoms with Crippen LogP contribution in [-0.4, -0.2) is 19.7 Å². The molecule has 1 N–H and O–H groups in total. The zero-order chi connectivity index (χ0) is 12.2. The highest BCUT2D eigenvalue weighted by molar-refractivity contribution is 7.09. The van der Waals surface area contributed by atoms with Gasteiger partial charge in [-0.15, -0.1) is 11.3 Å². The monoisotopic (exact) mass is 255 g/mol. The van der Waals surface area contributed by atoms with E-state index in [1.165, 1.54) is 43.5 Å². The summed E-state index contributed by atoms with van der Waals surface area (Å²) >= 11 is 1.77. The summed E-state index contributed by atoms with van der Waals surface area (Å²) in [5, 5.41) is 5.53. The van der Waals surface area contributed by atoms with Gasteiger partial charge in [0.15, 0.2) is 0 Å². The molecule has 0 spiro atoms. The minimum Gasteiger partial charge on any atom is -0.376 e. The van der Waals surface area contributed by atoms with Crippen molar-refractivity contribution in [2.24, 2.45) is 0 Å². The van der Waals surface area contributed by atoms with Crippen LogP contribution in [0.5, 0.6) is 0 Å². The second-order valence-electron chi connectivity index (χ2n) is 4.30. The summed E-state index contributed by atoms with van der Waals surface area (Å²) in [5.74, 6) is 0. The van der Waals surface area contributed by atoms with Gasteiger partial charge in [0, 0.05) is 11.5 Å². The Morgan fingerprint density at radius 1 is 1.18 bits per heavy atom. The van der Waals surface area contributed by atoms with Crippen molar-refractivity contribution >= 4 is 11.3 Å². The summed E-state index contributed by atoms with van der Waals surface area (Å²) in [5.41, 5.74) is 0. The van der Waals surface area contributed by atoms with Crippen LogP contribution in [0.3, 0.4) is 0 Å². The lowest BCUT2D eigenvalue weighted by Gasteiger charge is -2.04. The molecule has 17 heavy (non-hydrogen) atoms. The second kappa shape index (κ2) is 10.8. The third-order valence-corrected chi connectivity index (χ3v) is 3.49. The molecule has 1 aromatic heterocycles. The fourth-order valence-corrected chi connectivity index (χ4v) is 2.32. The average molecular weight is 255 g/mol. The highest BCUT2D eigenvalue weighted by Gasteiger charge is 1.94. The molecule has 0 radical (unpaired) electrons. The molecule has 1 aromatic rings. The Bertz CT molecular complexity index is 249. The van der Waals surface area contributed by atoms with E-state index >= 15 is 0 Å². The van der Waals surface area contributed by atoms with Gasteiger partial charge in [-0.05, 0) is 43.8 Å². The summed E-state index contributed by atoms with van der Waals surface area (Å²) in [6.45, 7) is 6.22. The van der Waals surface area contributed by atoms with Crippen LogP contribution in [0, 0.1) is 0 Å². The number of nitrogens with one attached hydrogen (secondary N) is 1. The number of unbranched alkanes of at least 4 members (excludes halogenated alkanes) is 3. The summed E-state index contributed by atoms with van der Waals surface area (Å²) in [6.07, 6.45) is 6.33. The Kier molecular flexibility index (Phi) is 9.29. The van der Waals surface area contributed by atoms with Crippen LogP contribution in [0.25, 0.3) is 0 Å². The third kappa shape index (κ3) is 8.36. The highest BCUT2D eigenvalue weighted by Crippen LogP contribution is 2.10. The lowest BCUT2D eigenvalue weighted by atomic mass is 10.2. The largest absolute Gasteiger partial charge is 0.376 e. The molecule has 0 atom stereocenters. The van der Waals surface area contributed by atoms with Crippen LogP contribution in [-0.2, 0) is 11.3 Å². The van der Waals surface area contributed by atoms with Gasteiger partial charge in [0.05, 0.1) is 6.61 Å². The number of rotatable bonds is 11. The Labute approximate surface area is 109 Å². The van der Waals surface area contributed by atoms with Gasteiger partial charge in [-0.2, -0.15) is 0 Å². The Balaban J connectivity index is 1.76. The predicted molar refractivity (Wildman–Crippen MR) is 75.6 cm³/mol. The molecule has 0 saturated carbocycles. The number of ether oxygens (including phenoxy) is 1. The minimum atomic E-state index is 0.787. The molecule has 1 rings (SSSR count). The molecule has 98 valence electrons. The van der Waals surface area contributed by atoms with E-state index in [9.17, 15) is 0 Å². The van der Waals surface area contributed by atoms with Crippen LogP contribution in [0.4, 0.5) is 0 Å². The smallest absolute Gasteiger partial charge is 0.0809 e. The van der Waals surface area contributed by atoms with Crippen molar-refractivity contribution in [2.75, 3.05) is 19.7 Å². The summed E-state index contributed by atoms with van der Waals surface area (Å²) in [6, 6.07) is 4.21. The van der Waals surface area contributed by atoms with E-state index < -0.39 is 0 Å². The first-order valence-corrected chi connectivity index (χ1v) is 7.62. The molecule has 1 heterocycles. The normalized spacial score (nSPS) is 10.9. The van der Waals surface area contributed by atoms with Crippen molar-refractivity contribution in [2.45, 2.75) is 45.6 Å². The molecule has 0 saturated heterocycles. The quantitative estimate of drug-likeness (QED) is 0.607. The second-order valence-corrected chi connectivity index (χ2v) is 5.33. The summed E-state index contributed by atoms with van der Waals surface area (Å²) in [4.78, 5) is 1.33. The molecule has 0 aliphatic carbocycles. The van der Waals surface area contributed by atoms with E-state index in [0.29, 0.717) is 0 Å². The maximum absolute atomic E-state index is 5.62. The van der Waals surface area contributed by atoms with Crippen LogP contribution in [0.1, 0.15) is 43.9 Å². The van der Waals surface area contributed by atoms with Gasteiger partial charge in [0.1, 0.15) is 0 Å². The van der Waals surface area contributed by atoms with Crippen molar-refractivity contribution < 1.29 is 4.74 Å². The Morgan fingerprint density at radius 2 is 2.06 bits per heavy atom. The van der Waals surface area contributed by atoms with Crippen molar-refractivity contribution in [3.8, 4) is 0 Å². The molecule has 0 aliphatic rings. The molecular formula is C14H25NOS. The number of thiophene rings is 1. The van der Waals surface area contributed by atoms with E-state index in [1.54, 1.807) is 11.3 Å². The van der Waals surface area contributed by atoms with E-state index in [0.717, 1.165) is 19.8 Å². The van der Waals surface area contributed by atoms with Crippen molar-refractivity contribution in [1.29, 1.82) is 0 Å². The Morgan fingerprint density at radius 3 is 2.82 bits per heavy atom. The van der Waals surface area contributed by atoms with Gasteiger partial charge in [-0.25, -0.2) is 0 Å². The van der Waals surface area contributed by atoms with Gasteiger partial charge < -0.3 is 10.1 Å². The number of hydrogen-bond acceptors (Lipinski definition) is 3. The molecule has 0 unspecified atom stereocenters. The fraction of sp³-hybridized carbons (Fsp3) is 0.714. The minimum absolute atomic E-state index is 0.787. The first-order valence-electron chi connectivity index (χ1n) is 6.74. The van der Waals surface area contributed by atoms with Gasteiger partial charge in [-0.3, -0.25) is 0 Å². The van der Waals surface area contributed by atoms with Gasteiger partial charge in [-0.1, -0.05) is 25.8 Å². The van der Waals surface area contributed by atoms with E-state index in [4.69, 9.17) is 4.74 Å². The first-order chi connectivity index (χ1) is 8.43. The zero-order valence-corrected chi connectivity index (χ0v) is 11.7. The van der Waals surface area contributed by atoms with Crippen molar-refractivity contribution in [3.05, 3.63) is 22.4 Å². The van der Waals surface area contributed by atoms with Crippen LogP contribution in [0.15, 0.2) is 17.5 Å². The average Bonchev–Trinajstić information content (AvgIpc) is 2.85. The standard InChI is InChI=1S/C14H25NOS/c1-2-9-15-10-5-3-4-6-11-16-13-14-8-7-12-17-14/h7-8,12,15H,2-6,9-11,13H2,1H3. The highest BCUT2D eigenvalue weighted by atomic mass is 32.1. The van der Waals surface area contributed by atoms with Crippen LogP contribution >= 0.6 is 11.3 Å². The summed E-state index contributed by atoms with van der Waals surface area (Å²) < 4.78 is 5.62. The number of hydrogen-bond donors (Lipinski definition) is 1. The maximum atomic E-state index is 5.62. The molecular weight excluding hydrogens is 230 g/mol. The molecule has 0 amide bonds. The van der Waals surface area contributed by atoms with Crippen molar-refractivity contribution in [3.63, 3.8) is 0 Å². The topological polar surface area (TPSA) is 21.3 Å². The molecule has 0 aromatic carbocycles. The van der Waals surface area contributed by atoms with Crippen molar-refractivity contribution in [1.82, 2.24) is 5.32 Å². The lowest BCUT2D eigenvalue weighted by molar-refractivity contribution is 0.119. The third-order valence-electron chi connectivity index (χ3n) is 2.64. The molecule has 0 fully saturated rings. The maximum Gasteiger partial charge on any atom is 0.0809 e. The van der Waals surface area contributed by atoms with E-state index in [1.807, 2.05) is 0 Å². The fourth-order valence-electron chi connectivity index (χ4n) is 1.68. The molecule has 3 heteroatoms. The van der Waals surface area contributed by atoms with Crippen LogP contribution < -0.4 is 5.32 Å². The van der Waals surface area contributed by atoms with E-state index in [-0.39, 0.29) is 0 Å². The molecule has 2 nitrogen and oxygen atoms in total. The summed E-state index contributed by atoms with van der Waals surface area (Å²) in [7, 11) is 0. The molecule has 0 aliphatic heterocycles. The van der Waals surface area contributed by atoms with Gasteiger partial charge in [0.25, 0.3) is 0 Å². The van der Waals surface area contributed by atoms with Gasteiger partial charge in [0.2, 0.25) is 0 Å².